The summed E-state index contributed by atoms with van der Waals surface area (Å²) < 4.78 is 0. The molecule has 56 valence electrons. The first kappa shape index (κ1) is 6.38. The SMILES string of the molecule is O=C1CCC[C@H](C2CC2)C1. The molecule has 2 saturated carbocycles. The molecule has 0 aromatic carbocycles. The van der Waals surface area contributed by atoms with Crippen LogP contribution < -0.4 is 0 Å². The van der Waals surface area contributed by atoms with E-state index in [0.29, 0.717) is 5.78 Å². The van der Waals surface area contributed by atoms with Crippen LogP contribution in [0.1, 0.15) is 38.5 Å². The molecule has 0 bridgehead atoms. The van der Waals surface area contributed by atoms with E-state index in [-0.39, 0.29) is 0 Å². The summed E-state index contributed by atoms with van der Waals surface area (Å²) in [6.45, 7) is 0. The number of Topliss-reactive ketones (excluding diaryl/α,β-unsaturated/α-hetero) is 1. The third-order valence-corrected chi connectivity index (χ3v) is 2.81. The van der Waals surface area contributed by atoms with Gasteiger partial charge in [-0.25, -0.2) is 0 Å². The quantitative estimate of drug-likeness (QED) is 0.542. The third-order valence-electron chi connectivity index (χ3n) is 2.81. The van der Waals surface area contributed by atoms with Gasteiger partial charge in [-0.1, -0.05) is 0 Å². The average molecular weight is 138 g/mol. The highest BCUT2D eigenvalue weighted by molar-refractivity contribution is 5.79. The first-order valence-electron chi connectivity index (χ1n) is 4.38. The zero-order chi connectivity index (χ0) is 6.97. The maximum Gasteiger partial charge on any atom is 0.133 e. The number of ketones is 1. The van der Waals surface area contributed by atoms with Gasteiger partial charge in [0, 0.05) is 12.8 Å². The third kappa shape index (κ3) is 1.23. The average Bonchev–Trinajstić information content (AvgIpc) is 2.68. The second kappa shape index (κ2) is 2.37. The summed E-state index contributed by atoms with van der Waals surface area (Å²) in [7, 11) is 0. The van der Waals surface area contributed by atoms with Crippen molar-refractivity contribution < 1.29 is 4.79 Å². The van der Waals surface area contributed by atoms with Crippen LogP contribution in [-0.4, -0.2) is 5.78 Å². The molecule has 1 heteroatoms. The largest absolute Gasteiger partial charge is 0.300 e. The van der Waals surface area contributed by atoms with Crippen LogP contribution in [0.3, 0.4) is 0 Å². The van der Waals surface area contributed by atoms with Crippen LogP contribution in [0.5, 0.6) is 0 Å². The molecular weight excluding hydrogens is 124 g/mol. The van der Waals surface area contributed by atoms with E-state index in [4.69, 9.17) is 0 Å². The zero-order valence-electron chi connectivity index (χ0n) is 6.31. The summed E-state index contributed by atoms with van der Waals surface area (Å²) in [5.74, 6) is 2.26. The fraction of sp³-hybridized carbons (Fsp3) is 0.889. The lowest BCUT2D eigenvalue weighted by atomic mass is 9.85. The van der Waals surface area contributed by atoms with E-state index in [2.05, 4.69) is 0 Å². The first-order chi connectivity index (χ1) is 4.86. The predicted molar refractivity (Wildman–Crippen MR) is 39.7 cm³/mol. The van der Waals surface area contributed by atoms with Gasteiger partial charge in [0.15, 0.2) is 0 Å². The Kier molecular flexibility index (Phi) is 1.51. The molecule has 1 atom stereocenters. The van der Waals surface area contributed by atoms with Gasteiger partial charge in [0.05, 0.1) is 0 Å². The van der Waals surface area contributed by atoms with E-state index in [1.54, 1.807) is 0 Å². The van der Waals surface area contributed by atoms with Gasteiger partial charge >= 0.3 is 0 Å². The number of hydrogen-bond acceptors (Lipinski definition) is 1. The van der Waals surface area contributed by atoms with Crippen molar-refractivity contribution in [3.8, 4) is 0 Å². The molecular formula is C9H14O. The Morgan fingerprint density at radius 1 is 1.10 bits per heavy atom. The molecule has 2 rings (SSSR count). The topological polar surface area (TPSA) is 17.1 Å². The van der Waals surface area contributed by atoms with Crippen LogP contribution in [0.15, 0.2) is 0 Å². The monoisotopic (exact) mass is 138 g/mol. The zero-order valence-corrected chi connectivity index (χ0v) is 6.31. The van der Waals surface area contributed by atoms with Crippen LogP contribution in [0.4, 0.5) is 0 Å². The summed E-state index contributed by atoms with van der Waals surface area (Å²) in [6, 6.07) is 0. The Hall–Kier alpha value is -0.330. The summed E-state index contributed by atoms with van der Waals surface area (Å²) in [5.41, 5.74) is 0. The van der Waals surface area contributed by atoms with Crippen molar-refractivity contribution in [1.82, 2.24) is 0 Å². The number of hydrogen-bond donors (Lipinski definition) is 0. The highest BCUT2D eigenvalue weighted by Crippen LogP contribution is 2.42. The Morgan fingerprint density at radius 2 is 1.90 bits per heavy atom. The van der Waals surface area contributed by atoms with E-state index in [9.17, 15) is 4.79 Å². The van der Waals surface area contributed by atoms with E-state index < -0.39 is 0 Å². The van der Waals surface area contributed by atoms with Crippen molar-refractivity contribution in [2.45, 2.75) is 38.5 Å². The normalized spacial score (nSPS) is 34.4. The molecule has 2 fully saturated rings. The van der Waals surface area contributed by atoms with Crippen molar-refractivity contribution >= 4 is 5.78 Å². The Bertz CT molecular complexity index is 147. The molecule has 0 amide bonds. The van der Waals surface area contributed by atoms with Crippen molar-refractivity contribution in [2.75, 3.05) is 0 Å². The molecule has 0 unspecified atom stereocenters. The van der Waals surface area contributed by atoms with Gasteiger partial charge in [0.25, 0.3) is 0 Å². The second-order valence-electron chi connectivity index (χ2n) is 3.73. The van der Waals surface area contributed by atoms with Crippen LogP contribution in [0, 0.1) is 11.8 Å². The van der Waals surface area contributed by atoms with E-state index in [0.717, 1.165) is 24.7 Å². The molecule has 0 radical (unpaired) electrons. The molecule has 0 saturated heterocycles. The van der Waals surface area contributed by atoms with Gasteiger partial charge in [-0.15, -0.1) is 0 Å². The lowest BCUT2D eigenvalue weighted by Crippen LogP contribution is -2.16. The van der Waals surface area contributed by atoms with Gasteiger partial charge in [-0.2, -0.15) is 0 Å². The molecule has 1 nitrogen and oxygen atoms in total. The van der Waals surface area contributed by atoms with Gasteiger partial charge in [-0.3, -0.25) is 4.79 Å². The fourth-order valence-electron chi connectivity index (χ4n) is 2.03. The van der Waals surface area contributed by atoms with E-state index in [1.165, 1.54) is 25.7 Å². The maximum atomic E-state index is 11.0. The summed E-state index contributed by atoms with van der Waals surface area (Å²) in [4.78, 5) is 11.0. The standard InChI is InChI=1S/C9H14O/c10-9-3-1-2-8(6-9)7-4-5-7/h7-8H,1-6H2/t8-/m0/s1. The lowest BCUT2D eigenvalue weighted by molar-refractivity contribution is -0.121. The Morgan fingerprint density at radius 3 is 2.50 bits per heavy atom. The molecule has 0 aromatic rings. The molecule has 0 spiro atoms. The lowest BCUT2D eigenvalue weighted by Gasteiger charge is -2.19. The van der Waals surface area contributed by atoms with Crippen LogP contribution in [0.25, 0.3) is 0 Å². The highest BCUT2D eigenvalue weighted by atomic mass is 16.1. The summed E-state index contributed by atoms with van der Waals surface area (Å²) >= 11 is 0. The minimum absolute atomic E-state index is 0.517. The van der Waals surface area contributed by atoms with Crippen molar-refractivity contribution in [3.05, 3.63) is 0 Å². The van der Waals surface area contributed by atoms with E-state index in [1.807, 2.05) is 0 Å². The molecule has 0 N–H and O–H groups in total. The number of carbonyl (C=O) groups excluding carboxylic acids is 1. The molecule has 0 aromatic heterocycles. The fourth-order valence-corrected chi connectivity index (χ4v) is 2.03. The maximum absolute atomic E-state index is 11.0. The van der Waals surface area contributed by atoms with Crippen molar-refractivity contribution in [2.24, 2.45) is 11.8 Å². The van der Waals surface area contributed by atoms with Gasteiger partial charge in [-0.05, 0) is 37.5 Å². The van der Waals surface area contributed by atoms with Crippen LogP contribution in [-0.2, 0) is 4.79 Å². The summed E-state index contributed by atoms with van der Waals surface area (Å²) in [5, 5.41) is 0. The number of carbonyl (C=O) groups is 1. The highest BCUT2D eigenvalue weighted by Gasteiger charge is 2.33. The van der Waals surface area contributed by atoms with Crippen LogP contribution >= 0.6 is 0 Å². The first-order valence-corrected chi connectivity index (χ1v) is 4.38. The molecule has 0 aliphatic heterocycles. The minimum Gasteiger partial charge on any atom is -0.300 e. The van der Waals surface area contributed by atoms with Gasteiger partial charge in [0.2, 0.25) is 0 Å². The predicted octanol–water partition coefficient (Wildman–Crippen LogP) is 2.16. The van der Waals surface area contributed by atoms with Crippen molar-refractivity contribution in [3.63, 3.8) is 0 Å². The molecule has 10 heavy (non-hydrogen) atoms. The Labute approximate surface area is 61.8 Å². The second-order valence-corrected chi connectivity index (χ2v) is 3.73. The smallest absolute Gasteiger partial charge is 0.133 e. The Balaban J connectivity index is 1.89. The van der Waals surface area contributed by atoms with Crippen LogP contribution in [0.2, 0.25) is 0 Å². The van der Waals surface area contributed by atoms with E-state index >= 15 is 0 Å². The molecule has 2 aliphatic carbocycles. The molecule has 2 aliphatic rings. The van der Waals surface area contributed by atoms with Crippen molar-refractivity contribution in [1.29, 1.82) is 0 Å². The van der Waals surface area contributed by atoms with Gasteiger partial charge in [0.1, 0.15) is 5.78 Å². The minimum atomic E-state index is 0.517. The van der Waals surface area contributed by atoms with Gasteiger partial charge < -0.3 is 0 Å². The molecule has 0 heterocycles. The number of rotatable bonds is 1. The summed E-state index contributed by atoms with van der Waals surface area (Å²) in [6.07, 6.45) is 7.07.